The highest BCUT2D eigenvalue weighted by Gasteiger charge is 2.19. The smallest absolute Gasteiger partial charge is 0.289 e. The average molecular weight is 273 g/mol. The molecule has 0 bridgehead atoms. The maximum Gasteiger partial charge on any atom is 0.289 e. The molecule has 0 atom stereocenters. The standard InChI is InChI=1S/C14H19N5O/c1-8(2)18(9(3)4)14-16-12-6-10(5)11(7-15)13(20)19(12)17-14/h6,8-9H,1-5H3,(H,16,17). The summed E-state index contributed by atoms with van der Waals surface area (Å²) in [5.41, 5.74) is 0.982. The molecule has 6 nitrogen and oxygen atoms in total. The first-order chi connectivity index (χ1) is 9.36. The highest BCUT2D eigenvalue weighted by atomic mass is 16.1. The molecule has 6 heteroatoms. The summed E-state index contributed by atoms with van der Waals surface area (Å²) < 4.78 is 1.33. The molecule has 0 aromatic carbocycles. The van der Waals surface area contributed by atoms with Crippen molar-refractivity contribution in [2.75, 3.05) is 4.90 Å². The van der Waals surface area contributed by atoms with Crippen molar-refractivity contribution in [2.24, 2.45) is 0 Å². The number of nitrogens with one attached hydrogen (secondary N) is 1. The van der Waals surface area contributed by atoms with E-state index in [1.165, 1.54) is 4.52 Å². The Bertz CT molecular complexity index is 724. The molecule has 20 heavy (non-hydrogen) atoms. The second kappa shape index (κ2) is 5.00. The van der Waals surface area contributed by atoms with Gasteiger partial charge in [-0.1, -0.05) is 0 Å². The van der Waals surface area contributed by atoms with Crippen LogP contribution in [0.3, 0.4) is 0 Å². The number of aromatic nitrogens is 3. The molecular formula is C14H19N5O. The van der Waals surface area contributed by atoms with Gasteiger partial charge in [-0.25, -0.2) is 0 Å². The van der Waals surface area contributed by atoms with E-state index in [9.17, 15) is 4.79 Å². The summed E-state index contributed by atoms with van der Waals surface area (Å²) in [6.45, 7) is 10.0. The van der Waals surface area contributed by atoms with Gasteiger partial charge in [0.05, 0.1) is 0 Å². The fourth-order valence-corrected chi connectivity index (χ4v) is 2.48. The summed E-state index contributed by atoms with van der Waals surface area (Å²) in [7, 11) is 0. The summed E-state index contributed by atoms with van der Waals surface area (Å²) in [4.78, 5) is 18.8. The molecule has 2 heterocycles. The zero-order chi connectivity index (χ0) is 15.0. The van der Waals surface area contributed by atoms with Crippen LogP contribution in [-0.2, 0) is 0 Å². The Kier molecular flexibility index (Phi) is 3.53. The minimum Gasteiger partial charge on any atom is -0.336 e. The van der Waals surface area contributed by atoms with Crippen LogP contribution in [0.2, 0.25) is 0 Å². The largest absolute Gasteiger partial charge is 0.336 e. The number of fused-ring (bicyclic) bond motifs is 1. The first-order valence-electron chi connectivity index (χ1n) is 6.67. The summed E-state index contributed by atoms with van der Waals surface area (Å²) in [6, 6.07) is 4.20. The monoisotopic (exact) mass is 273 g/mol. The first kappa shape index (κ1) is 14.1. The van der Waals surface area contributed by atoms with Gasteiger partial charge in [0.2, 0.25) is 5.95 Å². The molecule has 0 aliphatic heterocycles. The van der Waals surface area contributed by atoms with E-state index in [4.69, 9.17) is 5.26 Å². The molecule has 0 radical (unpaired) electrons. The quantitative estimate of drug-likeness (QED) is 0.925. The van der Waals surface area contributed by atoms with E-state index in [-0.39, 0.29) is 23.2 Å². The number of aryl methyl sites for hydroxylation is 1. The lowest BCUT2D eigenvalue weighted by Gasteiger charge is -2.29. The molecule has 2 rings (SSSR count). The molecule has 1 N–H and O–H groups in total. The fraction of sp³-hybridized carbons (Fsp3) is 0.500. The predicted octanol–water partition coefficient (Wildman–Crippen LogP) is 1.83. The van der Waals surface area contributed by atoms with Crippen molar-refractivity contribution in [3.05, 3.63) is 27.5 Å². The molecule has 0 saturated carbocycles. The molecule has 0 saturated heterocycles. The third kappa shape index (κ3) is 2.16. The van der Waals surface area contributed by atoms with Crippen LogP contribution in [0.25, 0.3) is 5.65 Å². The van der Waals surface area contributed by atoms with E-state index in [0.29, 0.717) is 17.2 Å². The Morgan fingerprint density at radius 3 is 2.45 bits per heavy atom. The van der Waals surface area contributed by atoms with Crippen LogP contribution in [0, 0.1) is 18.3 Å². The molecule has 0 unspecified atom stereocenters. The molecule has 0 aliphatic rings. The molecule has 2 aromatic heterocycles. The van der Waals surface area contributed by atoms with Gasteiger partial charge >= 0.3 is 0 Å². The van der Waals surface area contributed by atoms with Crippen LogP contribution in [0.1, 0.15) is 38.8 Å². The van der Waals surface area contributed by atoms with E-state index in [2.05, 4.69) is 42.7 Å². The van der Waals surface area contributed by atoms with Gasteiger partial charge in [0, 0.05) is 12.1 Å². The molecule has 106 valence electrons. The normalized spacial score (nSPS) is 11.3. The average Bonchev–Trinajstić information content (AvgIpc) is 2.72. The lowest BCUT2D eigenvalue weighted by molar-refractivity contribution is 0.590. The Morgan fingerprint density at radius 2 is 1.95 bits per heavy atom. The van der Waals surface area contributed by atoms with Gasteiger partial charge in [0.15, 0.2) is 5.65 Å². The van der Waals surface area contributed by atoms with Gasteiger partial charge in [-0.05, 0) is 46.2 Å². The van der Waals surface area contributed by atoms with Gasteiger partial charge in [-0.2, -0.15) is 14.8 Å². The van der Waals surface area contributed by atoms with Crippen molar-refractivity contribution >= 4 is 11.6 Å². The van der Waals surface area contributed by atoms with Gasteiger partial charge in [0.25, 0.3) is 5.56 Å². The van der Waals surface area contributed by atoms with E-state index < -0.39 is 0 Å². The van der Waals surface area contributed by atoms with Crippen molar-refractivity contribution in [3.8, 4) is 6.07 Å². The minimum absolute atomic E-state index is 0.151. The van der Waals surface area contributed by atoms with Crippen LogP contribution >= 0.6 is 0 Å². The van der Waals surface area contributed by atoms with E-state index in [1.807, 2.05) is 6.07 Å². The second-order valence-corrected chi connectivity index (χ2v) is 5.45. The Hall–Kier alpha value is -2.29. The minimum atomic E-state index is -0.353. The van der Waals surface area contributed by atoms with Crippen molar-refractivity contribution in [2.45, 2.75) is 46.7 Å². The molecule has 0 spiro atoms. The molecule has 0 fully saturated rings. The Labute approximate surface area is 117 Å². The number of anilines is 1. The van der Waals surface area contributed by atoms with Crippen LogP contribution in [0.4, 0.5) is 5.95 Å². The van der Waals surface area contributed by atoms with Crippen LogP contribution in [0.5, 0.6) is 0 Å². The Balaban J connectivity index is 2.69. The maximum atomic E-state index is 12.2. The zero-order valence-electron chi connectivity index (χ0n) is 12.4. The molecular weight excluding hydrogens is 254 g/mol. The van der Waals surface area contributed by atoms with Crippen molar-refractivity contribution < 1.29 is 0 Å². The number of aromatic amines is 1. The van der Waals surface area contributed by atoms with Crippen LogP contribution in [-0.4, -0.2) is 26.7 Å². The Morgan fingerprint density at radius 1 is 1.35 bits per heavy atom. The fourth-order valence-electron chi connectivity index (χ4n) is 2.48. The number of rotatable bonds is 3. The van der Waals surface area contributed by atoms with E-state index >= 15 is 0 Å². The van der Waals surface area contributed by atoms with Gasteiger partial charge < -0.3 is 4.90 Å². The van der Waals surface area contributed by atoms with Crippen molar-refractivity contribution in [3.63, 3.8) is 0 Å². The highest BCUT2D eigenvalue weighted by Crippen LogP contribution is 2.17. The lowest BCUT2D eigenvalue weighted by Crippen LogP contribution is -2.38. The molecule has 0 aliphatic carbocycles. The van der Waals surface area contributed by atoms with Gasteiger partial charge in [-0.15, -0.1) is 0 Å². The summed E-state index contributed by atoms with van der Waals surface area (Å²) in [5.74, 6) is 0.640. The summed E-state index contributed by atoms with van der Waals surface area (Å²) in [6.07, 6.45) is 0. The third-order valence-corrected chi connectivity index (χ3v) is 3.29. The van der Waals surface area contributed by atoms with Gasteiger partial charge in [0.1, 0.15) is 11.6 Å². The SMILES string of the molecule is Cc1cc2nc(N(C(C)C)C(C)C)[nH]n2c(=O)c1C#N. The second-order valence-electron chi connectivity index (χ2n) is 5.45. The number of nitrogens with zero attached hydrogens (tertiary/aromatic N) is 4. The molecule has 0 amide bonds. The number of pyridine rings is 1. The lowest BCUT2D eigenvalue weighted by atomic mass is 10.2. The van der Waals surface area contributed by atoms with Crippen LogP contribution in [0.15, 0.2) is 10.9 Å². The topological polar surface area (TPSA) is 77.2 Å². The first-order valence-corrected chi connectivity index (χ1v) is 6.67. The highest BCUT2D eigenvalue weighted by molar-refractivity contribution is 5.51. The van der Waals surface area contributed by atoms with E-state index in [1.54, 1.807) is 13.0 Å². The summed E-state index contributed by atoms with van der Waals surface area (Å²) >= 11 is 0. The number of H-pyrrole nitrogens is 1. The number of hydrogen-bond donors (Lipinski definition) is 1. The van der Waals surface area contributed by atoms with Crippen molar-refractivity contribution in [1.29, 1.82) is 5.26 Å². The van der Waals surface area contributed by atoms with Crippen molar-refractivity contribution in [1.82, 2.24) is 14.6 Å². The summed E-state index contributed by atoms with van der Waals surface area (Å²) in [5, 5.41) is 12.0. The number of nitriles is 1. The zero-order valence-corrected chi connectivity index (χ0v) is 12.4. The maximum absolute atomic E-state index is 12.2. The third-order valence-electron chi connectivity index (χ3n) is 3.29. The van der Waals surface area contributed by atoms with E-state index in [0.717, 1.165) is 0 Å². The predicted molar refractivity (Wildman–Crippen MR) is 78.0 cm³/mol. The number of hydrogen-bond acceptors (Lipinski definition) is 4. The molecule has 2 aromatic rings. The van der Waals surface area contributed by atoms with Gasteiger partial charge in [-0.3, -0.25) is 9.89 Å². The van der Waals surface area contributed by atoms with Crippen LogP contribution < -0.4 is 10.5 Å².